The van der Waals surface area contributed by atoms with Gasteiger partial charge in [0.15, 0.2) is 0 Å². The Kier molecular flexibility index (Phi) is 2.30. The van der Waals surface area contributed by atoms with Gasteiger partial charge in [-0.1, -0.05) is 0 Å². The zero-order chi connectivity index (χ0) is 11.3. The molecule has 2 saturated heterocycles. The molecule has 1 aromatic heterocycles. The molecule has 2 unspecified atom stereocenters. The lowest BCUT2D eigenvalue weighted by Gasteiger charge is -1.99. The van der Waals surface area contributed by atoms with Crippen LogP contribution in [0.5, 0.6) is 0 Å². The summed E-state index contributed by atoms with van der Waals surface area (Å²) in [5.41, 5.74) is 2.71. The summed E-state index contributed by atoms with van der Waals surface area (Å²) in [5.74, 6) is 1.32. The van der Waals surface area contributed by atoms with Gasteiger partial charge in [-0.2, -0.15) is 0 Å². The van der Waals surface area contributed by atoms with Crippen LogP contribution in [-0.4, -0.2) is 30.0 Å². The van der Waals surface area contributed by atoms with Crippen LogP contribution in [0.25, 0.3) is 0 Å². The van der Waals surface area contributed by atoms with Crippen molar-refractivity contribution in [2.45, 2.75) is 46.1 Å². The lowest BCUT2D eigenvalue weighted by molar-refractivity contribution is -0.709. The van der Waals surface area contributed by atoms with Gasteiger partial charge in [0.2, 0.25) is 0 Å². The van der Waals surface area contributed by atoms with Crippen LogP contribution >= 0.6 is 0 Å². The molecule has 0 saturated carbocycles. The van der Waals surface area contributed by atoms with Crippen LogP contribution in [-0.2, 0) is 22.6 Å². The summed E-state index contributed by atoms with van der Waals surface area (Å²) in [7, 11) is 0. The van der Waals surface area contributed by atoms with Crippen molar-refractivity contribution in [1.82, 2.24) is 4.57 Å². The van der Waals surface area contributed by atoms with E-state index in [0.717, 1.165) is 26.3 Å². The average molecular weight is 223 g/mol. The predicted octanol–water partition coefficient (Wildman–Crippen LogP) is 0.498. The van der Waals surface area contributed by atoms with Crippen molar-refractivity contribution in [3.63, 3.8) is 0 Å². The number of ether oxygens (including phenoxy) is 2. The molecule has 3 heterocycles. The van der Waals surface area contributed by atoms with Crippen molar-refractivity contribution >= 4 is 0 Å². The molecule has 0 aromatic carbocycles. The van der Waals surface area contributed by atoms with E-state index in [0.29, 0.717) is 12.2 Å². The van der Waals surface area contributed by atoms with E-state index in [-0.39, 0.29) is 0 Å². The number of imidazole rings is 1. The predicted molar refractivity (Wildman–Crippen MR) is 58.3 cm³/mol. The minimum Gasteiger partial charge on any atom is -0.369 e. The van der Waals surface area contributed by atoms with E-state index < -0.39 is 0 Å². The molecule has 4 nitrogen and oxygen atoms in total. The third-order valence-electron chi connectivity index (χ3n) is 3.69. The lowest BCUT2D eigenvalue weighted by Crippen LogP contribution is -2.41. The first-order chi connectivity index (χ1) is 7.66. The van der Waals surface area contributed by atoms with Crippen LogP contribution in [0.1, 0.15) is 17.2 Å². The highest BCUT2D eigenvalue weighted by atomic mass is 16.6. The maximum Gasteiger partial charge on any atom is 0.253 e. The summed E-state index contributed by atoms with van der Waals surface area (Å²) >= 11 is 0. The normalized spacial score (nSPS) is 27.2. The van der Waals surface area contributed by atoms with Crippen LogP contribution in [0.15, 0.2) is 0 Å². The summed E-state index contributed by atoms with van der Waals surface area (Å²) in [6.45, 7) is 10.4. The maximum absolute atomic E-state index is 5.31. The van der Waals surface area contributed by atoms with Crippen LogP contribution in [0.4, 0.5) is 0 Å². The average Bonchev–Trinajstić information content (AvgIpc) is 3.12. The first-order valence-corrected chi connectivity index (χ1v) is 5.96. The zero-order valence-electron chi connectivity index (χ0n) is 10.2. The summed E-state index contributed by atoms with van der Waals surface area (Å²) in [5, 5.41) is 0. The van der Waals surface area contributed by atoms with Gasteiger partial charge in [0.25, 0.3) is 5.82 Å². The summed E-state index contributed by atoms with van der Waals surface area (Å²) in [6, 6.07) is 0. The SMILES string of the molecule is Cc1c(C)[n+](CC2CO2)c(C)n1CC1CO1. The van der Waals surface area contributed by atoms with Crippen LogP contribution < -0.4 is 4.57 Å². The minimum atomic E-state index is 0.440. The van der Waals surface area contributed by atoms with Gasteiger partial charge in [0.1, 0.15) is 36.7 Å². The molecule has 2 aliphatic heterocycles. The number of aromatic nitrogens is 2. The molecular formula is C12H19N2O2+. The molecule has 4 heteroatoms. The van der Waals surface area contributed by atoms with Crippen molar-refractivity contribution in [3.8, 4) is 0 Å². The Hall–Kier alpha value is -0.870. The first-order valence-electron chi connectivity index (χ1n) is 5.96. The highest BCUT2D eigenvalue weighted by Gasteiger charge is 2.33. The summed E-state index contributed by atoms with van der Waals surface area (Å²) in [4.78, 5) is 0. The first kappa shape index (κ1) is 10.3. The van der Waals surface area contributed by atoms with Crippen molar-refractivity contribution in [3.05, 3.63) is 17.2 Å². The van der Waals surface area contributed by atoms with Crippen molar-refractivity contribution in [2.75, 3.05) is 13.2 Å². The molecule has 3 rings (SSSR count). The van der Waals surface area contributed by atoms with Crippen molar-refractivity contribution < 1.29 is 14.0 Å². The highest BCUT2D eigenvalue weighted by Crippen LogP contribution is 2.17. The van der Waals surface area contributed by atoms with Crippen LogP contribution in [0.2, 0.25) is 0 Å². The zero-order valence-corrected chi connectivity index (χ0v) is 10.2. The second-order valence-corrected chi connectivity index (χ2v) is 4.85. The Morgan fingerprint density at radius 2 is 1.81 bits per heavy atom. The van der Waals surface area contributed by atoms with E-state index >= 15 is 0 Å². The Labute approximate surface area is 95.8 Å². The monoisotopic (exact) mass is 223 g/mol. The Bertz CT molecular complexity index is 380. The van der Waals surface area contributed by atoms with Crippen LogP contribution in [0.3, 0.4) is 0 Å². The standard InChI is InChI=1S/C12H19N2O2/c1-8-9(2)14(5-12-7-16-12)10(3)13(8)4-11-6-15-11/h11-12H,4-7H2,1-3H3/q+1. The van der Waals surface area contributed by atoms with Gasteiger partial charge >= 0.3 is 0 Å². The Balaban J connectivity index is 1.89. The fraction of sp³-hybridized carbons (Fsp3) is 0.750. The number of nitrogens with zero attached hydrogens (tertiary/aromatic N) is 2. The van der Waals surface area contributed by atoms with E-state index in [4.69, 9.17) is 9.47 Å². The van der Waals surface area contributed by atoms with Gasteiger partial charge in [0, 0.05) is 20.8 Å². The molecule has 1 aromatic rings. The van der Waals surface area contributed by atoms with Gasteiger partial charge < -0.3 is 9.47 Å². The molecule has 0 bridgehead atoms. The van der Waals surface area contributed by atoms with E-state index in [1.165, 1.54) is 17.2 Å². The molecule has 2 atom stereocenters. The fourth-order valence-electron chi connectivity index (χ4n) is 2.31. The second kappa shape index (κ2) is 3.57. The van der Waals surface area contributed by atoms with Gasteiger partial charge in [-0.05, 0) is 0 Å². The molecule has 0 N–H and O–H groups in total. The van der Waals surface area contributed by atoms with Gasteiger partial charge in [-0.15, -0.1) is 0 Å². The van der Waals surface area contributed by atoms with E-state index in [9.17, 15) is 0 Å². The van der Waals surface area contributed by atoms with Gasteiger partial charge in [-0.3, -0.25) is 0 Å². The molecule has 0 radical (unpaired) electrons. The number of hydrogen-bond donors (Lipinski definition) is 0. The molecule has 0 spiro atoms. The van der Waals surface area contributed by atoms with Crippen molar-refractivity contribution in [2.24, 2.45) is 0 Å². The Morgan fingerprint density at radius 1 is 1.19 bits per heavy atom. The Morgan fingerprint density at radius 3 is 2.38 bits per heavy atom. The molecule has 88 valence electrons. The smallest absolute Gasteiger partial charge is 0.253 e. The van der Waals surface area contributed by atoms with Gasteiger partial charge in [0.05, 0.1) is 13.2 Å². The fourth-order valence-corrected chi connectivity index (χ4v) is 2.31. The molecule has 2 fully saturated rings. The summed E-state index contributed by atoms with van der Waals surface area (Å²) < 4.78 is 15.4. The number of rotatable bonds is 4. The molecule has 0 amide bonds. The largest absolute Gasteiger partial charge is 0.369 e. The van der Waals surface area contributed by atoms with E-state index in [1.54, 1.807) is 0 Å². The lowest BCUT2D eigenvalue weighted by atomic mass is 10.3. The summed E-state index contributed by atoms with van der Waals surface area (Å²) in [6.07, 6.45) is 0.879. The minimum absolute atomic E-state index is 0.440. The van der Waals surface area contributed by atoms with E-state index in [1.807, 2.05) is 0 Å². The molecule has 0 aliphatic carbocycles. The molecule has 16 heavy (non-hydrogen) atoms. The quantitative estimate of drug-likeness (QED) is 0.550. The van der Waals surface area contributed by atoms with Crippen LogP contribution in [0, 0.1) is 20.8 Å². The third kappa shape index (κ3) is 1.76. The number of epoxide rings is 2. The van der Waals surface area contributed by atoms with Crippen molar-refractivity contribution in [1.29, 1.82) is 0 Å². The third-order valence-corrected chi connectivity index (χ3v) is 3.69. The molecule has 2 aliphatic rings. The topological polar surface area (TPSA) is 33.9 Å². The van der Waals surface area contributed by atoms with E-state index in [2.05, 4.69) is 29.9 Å². The van der Waals surface area contributed by atoms with Gasteiger partial charge in [-0.25, -0.2) is 9.13 Å². The number of hydrogen-bond acceptors (Lipinski definition) is 2. The second-order valence-electron chi connectivity index (χ2n) is 4.85. The maximum atomic E-state index is 5.31. The molecular weight excluding hydrogens is 204 g/mol. The highest BCUT2D eigenvalue weighted by molar-refractivity contribution is 5.07.